The zero-order valence-electron chi connectivity index (χ0n) is 13.0. The van der Waals surface area contributed by atoms with E-state index in [-0.39, 0.29) is 24.0 Å². The summed E-state index contributed by atoms with van der Waals surface area (Å²) in [4.78, 5) is 17.2. The second kappa shape index (κ2) is 9.88. The van der Waals surface area contributed by atoms with E-state index in [1.165, 1.54) is 12.4 Å². The molecular formula is C14H15Cl2F3N4OS. The lowest BCUT2D eigenvalue weighted by Crippen LogP contribution is -2.35. The van der Waals surface area contributed by atoms with Gasteiger partial charge >= 0.3 is 6.18 Å². The Morgan fingerprint density at radius 3 is 2.72 bits per heavy atom. The predicted octanol–water partition coefficient (Wildman–Crippen LogP) is 4.26. The van der Waals surface area contributed by atoms with Gasteiger partial charge < -0.3 is 10.2 Å². The van der Waals surface area contributed by atoms with Gasteiger partial charge in [0.2, 0.25) is 5.91 Å². The summed E-state index contributed by atoms with van der Waals surface area (Å²) in [5.74, 6) is -1.15. The number of hydrogen-bond acceptors (Lipinski definition) is 5. The fourth-order valence-corrected chi connectivity index (χ4v) is 2.64. The van der Waals surface area contributed by atoms with E-state index in [1.807, 2.05) is 0 Å². The molecular weight excluding hydrogens is 400 g/mol. The first-order chi connectivity index (χ1) is 11.7. The first-order valence-electron chi connectivity index (χ1n) is 6.90. The van der Waals surface area contributed by atoms with Crippen LogP contribution in [0, 0.1) is 5.41 Å². The molecule has 0 aliphatic rings. The molecule has 138 valence electrons. The predicted molar refractivity (Wildman–Crippen MR) is 95.1 cm³/mol. The number of anilines is 1. The summed E-state index contributed by atoms with van der Waals surface area (Å²) in [5.41, 5.74) is 0.616. The average molecular weight is 415 g/mol. The molecule has 0 radical (unpaired) electrons. The number of allylic oxidation sites excluding steroid dienone is 1. The van der Waals surface area contributed by atoms with Crippen LogP contribution in [0.2, 0.25) is 0 Å². The van der Waals surface area contributed by atoms with Crippen molar-refractivity contribution in [3.63, 3.8) is 0 Å². The van der Waals surface area contributed by atoms with Gasteiger partial charge in [0.1, 0.15) is 5.17 Å². The average Bonchev–Trinajstić information content (AvgIpc) is 2.55. The second-order valence-corrected chi connectivity index (χ2v) is 6.70. The van der Waals surface area contributed by atoms with Crippen LogP contribution in [-0.4, -0.2) is 44.1 Å². The third-order valence-corrected chi connectivity index (χ3v) is 4.57. The van der Waals surface area contributed by atoms with Gasteiger partial charge in [0.25, 0.3) is 0 Å². The molecule has 0 aromatic carbocycles. The SMILES string of the molecule is CCN(C(=O)CSC(Cl)C(F)(F)F)C(=CNc1cccnc1)C(=N)Cl. The highest BCUT2D eigenvalue weighted by Crippen LogP contribution is 2.33. The fourth-order valence-electron chi connectivity index (χ4n) is 1.66. The number of halogens is 5. The molecule has 0 spiro atoms. The maximum Gasteiger partial charge on any atom is 0.414 e. The number of alkyl halides is 4. The van der Waals surface area contributed by atoms with Gasteiger partial charge in [0.15, 0.2) is 4.71 Å². The van der Waals surface area contributed by atoms with Crippen molar-refractivity contribution in [2.24, 2.45) is 0 Å². The van der Waals surface area contributed by atoms with E-state index in [0.29, 0.717) is 5.69 Å². The first kappa shape index (κ1) is 21.6. The van der Waals surface area contributed by atoms with Crippen LogP contribution in [0.4, 0.5) is 18.9 Å². The number of carbonyl (C=O) groups excluding carboxylic acids is 1. The standard InChI is InChI=1S/C14H15Cl2F3N4OS/c1-2-23(11(24)8-25-13(16)14(17,18)19)10(12(15)20)7-22-9-4-3-5-21-6-9/h3-7,13,20,22H,2,8H2,1H3. The van der Waals surface area contributed by atoms with Crippen LogP contribution < -0.4 is 5.32 Å². The lowest BCUT2D eigenvalue weighted by atomic mass is 10.3. The second-order valence-electron chi connectivity index (χ2n) is 4.54. The van der Waals surface area contributed by atoms with Crippen molar-refractivity contribution in [3.05, 3.63) is 36.4 Å². The highest BCUT2D eigenvalue weighted by molar-refractivity contribution is 8.01. The Hall–Kier alpha value is -1.45. The summed E-state index contributed by atoms with van der Waals surface area (Å²) < 4.78 is 35.1. The van der Waals surface area contributed by atoms with Crippen molar-refractivity contribution in [2.45, 2.75) is 17.8 Å². The molecule has 1 aromatic rings. The summed E-state index contributed by atoms with van der Waals surface area (Å²) in [6.07, 6.45) is -0.202. The fraction of sp³-hybridized carbons (Fsp3) is 0.357. The van der Waals surface area contributed by atoms with E-state index in [1.54, 1.807) is 25.3 Å². The van der Waals surface area contributed by atoms with Gasteiger partial charge in [-0.2, -0.15) is 13.2 Å². The van der Waals surface area contributed by atoms with E-state index in [4.69, 9.17) is 28.6 Å². The molecule has 1 aromatic heterocycles. The molecule has 2 N–H and O–H groups in total. The molecule has 1 atom stereocenters. The number of aromatic nitrogens is 1. The molecule has 1 unspecified atom stereocenters. The first-order valence-corrected chi connectivity index (χ1v) is 8.77. The normalized spacial score (nSPS) is 13.3. The van der Waals surface area contributed by atoms with E-state index >= 15 is 0 Å². The molecule has 5 nitrogen and oxygen atoms in total. The molecule has 25 heavy (non-hydrogen) atoms. The molecule has 0 saturated carbocycles. The third kappa shape index (κ3) is 7.13. The minimum atomic E-state index is -4.61. The molecule has 0 fully saturated rings. The van der Waals surface area contributed by atoms with Gasteiger partial charge in [0, 0.05) is 18.9 Å². The number of nitrogens with one attached hydrogen (secondary N) is 2. The van der Waals surface area contributed by atoms with E-state index in [2.05, 4.69) is 10.3 Å². The van der Waals surface area contributed by atoms with Crippen LogP contribution in [0.25, 0.3) is 0 Å². The monoisotopic (exact) mass is 414 g/mol. The molecule has 0 bridgehead atoms. The lowest BCUT2D eigenvalue weighted by Gasteiger charge is -2.23. The number of amides is 1. The largest absolute Gasteiger partial charge is 0.414 e. The number of hydrogen-bond donors (Lipinski definition) is 2. The molecule has 0 saturated heterocycles. The summed E-state index contributed by atoms with van der Waals surface area (Å²) in [7, 11) is 0. The Morgan fingerprint density at radius 1 is 1.56 bits per heavy atom. The van der Waals surface area contributed by atoms with Crippen molar-refractivity contribution in [1.82, 2.24) is 9.88 Å². The van der Waals surface area contributed by atoms with Crippen LogP contribution in [0.3, 0.4) is 0 Å². The van der Waals surface area contributed by atoms with E-state index < -0.39 is 27.7 Å². The van der Waals surface area contributed by atoms with Crippen LogP contribution >= 0.6 is 35.0 Å². The highest BCUT2D eigenvalue weighted by Gasteiger charge is 2.39. The maximum atomic E-state index is 12.4. The van der Waals surface area contributed by atoms with Crippen molar-refractivity contribution >= 4 is 51.7 Å². The molecule has 11 heteroatoms. The molecule has 0 aliphatic heterocycles. The smallest absolute Gasteiger partial charge is 0.358 e. The van der Waals surface area contributed by atoms with Crippen LogP contribution in [0.15, 0.2) is 36.4 Å². The zero-order valence-corrected chi connectivity index (χ0v) is 15.3. The lowest BCUT2D eigenvalue weighted by molar-refractivity contribution is -0.126. The zero-order chi connectivity index (χ0) is 19.0. The number of thioether (sulfide) groups is 1. The maximum absolute atomic E-state index is 12.4. The Morgan fingerprint density at radius 2 is 2.24 bits per heavy atom. The highest BCUT2D eigenvalue weighted by atomic mass is 35.5. The number of rotatable bonds is 8. The minimum Gasteiger partial charge on any atom is -0.358 e. The molecule has 1 heterocycles. The summed E-state index contributed by atoms with van der Waals surface area (Å²) in [5, 5.41) is 9.99. The van der Waals surface area contributed by atoms with Crippen LogP contribution in [0.1, 0.15) is 6.92 Å². The molecule has 1 rings (SSSR count). The Bertz CT molecular complexity index is 628. The van der Waals surface area contributed by atoms with E-state index in [0.717, 1.165) is 4.90 Å². The molecule has 0 aliphatic carbocycles. The molecule has 1 amide bonds. The minimum absolute atomic E-state index is 0.0248. The number of nitrogens with zero attached hydrogens (tertiary/aromatic N) is 2. The summed E-state index contributed by atoms with van der Waals surface area (Å²) >= 11 is 11.2. The van der Waals surface area contributed by atoms with E-state index in [9.17, 15) is 18.0 Å². The Balaban J connectivity index is 2.84. The number of carbonyl (C=O) groups is 1. The van der Waals surface area contributed by atoms with Gasteiger partial charge in [-0.05, 0) is 19.1 Å². The van der Waals surface area contributed by atoms with Gasteiger partial charge in [-0.25, -0.2) is 0 Å². The topological polar surface area (TPSA) is 69.1 Å². The van der Waals surface area contributed by atoms with Crippen molar-refractivity contribution in [3.8, 4) is 0 Å². The van der Waals surface area contributed by atoms with Gasteiger partial charge in [-0.1, -0.05) is 11.6 Å². The number of pyridine rings is 1. The van der Waals surface area contributed by atoms with Crippen molar-refractivity contribution in [2.75, 3.05) is 17.6 Å². The van der Waals surface area contributed by atoms with Crippen LogP contribution in [0.5, 0.6) is 0 Å². The quantitative estimate of drug-likeness (QED) is 0.492. The Kier molecular flexibility index (Phi) is 8.54. The van der Waals surface area contributed by atoms with Crippen molar-refractivity contribution in [1.29, 1.82) is 5.41 Å². The third-order valence-electron chi connectivity index (χ3n) is 2.78. The summed E-state index contributed by atoms with van der Waals surface area (Å²) in [6, 6.07) is 3.38. The van der Waals surface area contributed by atoms with Crippen molar-refractivity contribution < 1.29 is 18.0 Å². The van der Waals surface area contributed by atoms with Crippen LogP contribution in [-0.2, 0) is 4.79 Å². The Labute approximate surface area is 157 Å². The summed E-state index contributed by atoms with van der Waals surface area (Å²) in [6.45, 7) is 1.73. The van der Waals surface area contributed by atoms with Gasteiger partial charge in [-0.15, -0.1) is 23.4 Å². The van der Waals surface area contributed by atoms with Gasteiger partial charge in [-0.3, -0.25) is 15.2 Å². The van der Waals surface area contributed by atoms with Gasteiger partial charge in [0.05, 0.1) is 23.3 Å².